The maximum atomic E-state index is 13.5. The molecule has 0 heterocycles. The van der Waals surface area contributed by atoms with Gasteiger partial charge in [-0.1, -0.05) is 48.6 Å². The van der Waals surface area contributed by atoms with Crippen LogP contribution in [0.1, 0.15) is 38.2 Å². The number of hydrogen-bond donors (Lipinski definition) is 0. The van der Waals surface area contributed by atoms with Crippen LogP contribution in [0.2, 0.25) is 0 Å². The van der Waals surface area contributed by atoms with E-state index in [1.165, 1.54) is 0 Å². The van der Waals surface area contributed by atoms with Crippen LogP contribution in [0.5, 0.6) is 34.5 Å². The number of methoxy groups -OCH3 is 6. The van der Waals surface area contributed by atoms with Crippen LogP contribution in [0.25, 0.3) is 35.4 Å². The molecule has 5 rings (SSSR count). The van der Waals surface area contributed by atoms with Crippen molar-refractivity contribution >= 4 is 30.1 Å². The molecule has 0 atom stereocenters. The molecule has 0 N–H and O–H groups in total. The predicted octanol–water partition coefficient (Wildman–Crippen LogP) is 7.29. The predicted molar refractivity (Wildman–Crippen MR) is 165 cm³/mol. The molecule has 7 heteroatoms. The fourth-order valence-electron chi connectivity index (χ4n) is 5.10. The van der Waals surface area contributed by atoms with Gasteiger partial charge in [0.25, 0.3) is 0 Å². The van der Waals surface area contributed by atoms with Gasteiger partial charge in [0.15, 0.2) is 28.8 Å². The number of carbonyl (C=O) groups excluding carboxylic acids is 1. The maximum Gasteiger partial charge on any atom is 0.203 e. The van der Waals surface area contributed by atoms with Gasteiger partial charge in [-0.15, -0.1) is 0 Å². The summed E-state index contributed by atoms with van der Waals surface area (Å²) < 4.78 is 32.7. The van der Waals surface area contributed by atoms with Crippen molar-refractivity contribution in [3.05, 3.63) is 94.0 Å². The number of ether oxygens (including phenoxy) is 6. The van der Waals surface area contributed by atoms with Gasteiger partial charge in [-0.2, -0.15) is 0 Å². The molecule has 0 aliphatic heterocycles. The Bertz CT molecular complexity index is 1540. The Labute approximate surface area is 245 Å². The molecule has 214 valence electrons. The third-order valence-corrected chi connectivity index (χ3v) is 7.18. The average molecular weight is 565 g/mol. The van der Waals surface area contributed by atoms with Crippen molar-refractivity contribution in [2.75, 3.05) is 42.7 Å². The van der Waals surface area contributed by atoms with Crippen LogP contribution in [-0.4, -0.2) is 48.4 Å². The second kappa shape index (κ2) is 12.1. The second-order valence-electron chi connectivity index (χ2n) is 9.52. The SMILES string of the molecule is COc1cc(C=Cc2ccc3c(c2)C(=O)c2cc(C=Cc4cc(OC)c(OC)c(OC)c4)ccc2-3)cc(OC)c1OC. The lowest BCUT2D eigenvalue weighted by atomic mass is 10.0. The van der Waals surface area contributed by atoms with Gasteiger partial charge in [-0.05, 0) is 69.8 Å². The van der Waals surface area contributed by atoms with E-state index in [0.29, 0.717) is 45.6 Å². The summed E-state index contributed by atoms with van der Waals surface area (Å²) >= 11 is 0. The number of hydrogen-bond acceptors (Lipinski definition) is 7. The Morgan fingerprint density at radius 1 is 0.405 bits per heavy atom. The first-order chi connectivity index (χ1) is 20.4. The van der Waals surface area contributed by atoms with E-state index in [0.717, 1.165) is 33.4 Å². The van der Waals surface area contributed by atoms with Crippen LogP contribution in [0, 0.1) is 0 Å². The quantitative estimate of drug-likeness (QED) is 0.165. The number of carbonyl (C=O) groups is 1. The smallest absolute Gasteiger partial charge is 0.203 e. The van der Waals surface area contributed by atoms with Gasteiger partial charge in [0.1, 0.15) is 0 Å². The number of benzene rings is 4. The molecular formula is C35H32O7. The van der Waals surface area contributed by atoms with Crippen LogP contribution in [0.15, 0.2) is 60.7 Å². The van der Waals surface area contributed by atoms with Crippen LogP contribution in [0.3, 0.4) is 0 Å². The highest BCUT2D eigenvalue weighted by Crippen LogP contribution is 2.41. The van der Waals surface area contributed by atoms with Crippen molar-refractivity contribution in [1.29, 1.82) is 0 Å². The molecule has 0 bridgehead atoms. The van der Waals surface area contributed by atoms with Gasteiger partial charge >= 0.3 is 0 Å². The zero-order valence-corrected chi connectivity index (χ0v) is 24.4. The standard InChI is InChI=1S/C35H32O7/c1-37-29-17-23(18-30(38-2)34(29)41-5)9-7-21-11-13-25-26-14-12-22(16-28(26)33(36)27(25)15-21)8-10-24-19-31(39-3)35(42-6)32(20-24)40-4/h7-20H,1-6H3. The summed E-state index contributed by atoms with van der Waals surface area (Å²) in [5, 5.41) is 0. The monoisotopic (exact) mass is 564 g/mol. The molecule has 0 fully saturated rings. The minimum absolute atomic E-state index is 0.00562. The van der Waals surface area contributed by atoms with Crippen LogP contribution >= 0.6 is 0 Å². The largest absolute Gasteiger partial charge is 0.493 e. The van der Waals surface area contributed by atoms with E-state index >= 15 is 0 Å². The van der Waals surface area contributed by atoms with Gasteiger partial charge in [0.2, 0.25) is 11.5 Å². The zero-order chi connectivity index (χ0) is 29.8. The first kappa shape index (κ1) is 28.4. The summed E-state index contributed by atoms with van der Waals surface area (Å²) in [6.45, 7) is 0. The number of ketones is 1. The molecular weight excluding hydrogens is 532 g/mol. The highest BCUT2D eigenvalue weighted by molar-refractivity contribution is 6.22. The van der Waals surface area contributed by atoms with Gasteiger partial charge in [-0.25, -0.2) is 0 Å². The van der Waals surface area contributed by atoms with E-state index in [1.54, 1.807) is 42.7 Å². The lowest BCUT2D eigenvalue weighted by Crippen LogP contribution is -1.96. The van der Waals surface area contributed by atoms with Crippen molar-refractivity contribution in [3.8, 4) is 45.6 Å². The van der Waals surface area contributed by atoms with E-state index in [9.17, 15) is 4.79 Å². The summed E-state index contributed by atoms with van der Waals surface area (Å²) in [7, 11) is 9.49. The van der Waals surface area contributed by atoms with E-state index < -0.39 is 0 Å². The van der Waals surface area contributed by atoms with Crippen LogP contribution < -0.4 is 28.4 Å². The van der Waals surface area contributed by atoms with Crippen molar-refractivity contribution in [3.63, 3.8) is 0 Å². The molecule has 1 aliphatic carbocycles. The summed E-state index contributed by atoms with van der Waals surface area (Å²) in [4.78, 5) is 13.5. The van der Waals surface area contributed by atoms with E-state index in [4.69, 9.17) is 28.4 Å². The van der Waals surface area contributed by atoms with E-state index in [2.05, 4.69) is 0 Å². The summed E-state index contributed by atoms with van der Waals surface area (Å²) in [6.07, 6.45) is 7.82. The van der Waals surface area contributed by atoms with Crippen LogP contribution in [0.4, 0.5) is 0 Å². The lowest BCUT2D eigenvalue weighted by molar-refractivity contribution is 0.104. The topological polar surface area (TPSA) is 72.5 Å². The molecule has 0 radical (unpaired) electrons. The van der Waals surface area contributed by atoms with Crippen molar-refractivity contribution in [2.45, 2.75) is 0 Å². The average Bonchev–Trinajstić information content (AvgIpc) is 3.31. The van der Waals surface area contributed by atoms with Gasteiger partial charge in [-0.3, -0.25) is 4.79 Å². The highest BCUT2D eigenvalue weighted by Gasteiger charge is 2.26. The van der Waals surface area contributed by atoms with Gasteiger partial charge in [0.05, 0.1) is 42.7 Å². The minimum Gasteiger partial charge on any atom is -0.493 e. The van der Waals surface area contributed by atoms with Gasteiger partial charge in [0, 0.05) is 11.1 Å². The zero-order valence-electron chi connectivity index (χ0n) is 24.4. The minimum atomic E-state index is 0.00562. The molecule has 0 saturated heterocycles. The molecule has 4 aromatic carbocycles. The van der Waals surface area contributed by atoms with E-state index in [-0.39, 0.29) is 5.78 Å². The molecule has 0 unspecified atom stereocenters. The fourth-order valence-corrected chi connectivity index (χ4v) is 5.10. The fraction of sp³-hybridized carbons (Fsp3) is 0.171. The Morgan fingerprint density at radius 3 is 1.05 bits per heavy atom. The Morgan fingerprint density at radius 2 is 0.738 bits per heavy atom. The highest BCUT2D eigenvalue weighted by atomic mass is 16.5. The molecule has 4 aromatic rings. The molecule has 1 aliphatic rings. The third-order valence-electron chi connectivity index (χ3n) is 7.18. The normalized spacial score (nSPS) is 11.9. The van der Waals surface area contributed by atoms with Crippen molar-refractivity contribution in [2.24, 2.45) is 0 Å². The maximum absolute atomic E-state index is 13.5. The lowest BCUT2D eigenvalue weighted by Gasteiger charge is -2.12. The molecule has 0 aromatic heterocycles. The molecule has 0 amide bonds. The van der Waals surface area contributed by atoms with Gasteiger partial charge < -0.3 is 28.4 Å². The number of rotatable bonds is 10. The van der Waals surface area contributed by atoms with Crippen molar-refractivity contribution < 1.29 is 33.2 Å². The summed E-state index contributed by atoms with van der Waals surface area (Å²) in [6, 6.07) is 19.4. The Hall–Kier alpha value is -5.17. The summed E-state index contributed by atoms with van der Waals surface area (Å²) in [5.41, 5.74) is 6.80. The van der Waals surface area contributed by atoms with Crippen molar-refractivity contribution in [1.82, 2.24) is 0 Å². The molecule has 0 saturated carbocycles. The van der Waals surface area contributed by atoms with Crippen LogP contribution in [-0.2, 0) is 0 Å². The number of fused-ring (bicyclic) bond motifs is 3. The van der Waals surface area contributed by atoms with E-state index in [1.807, 2.05) is 85.0 Å². The second-order valence-corrected chi connectivity index (χ2v) is 9.52. The first-order valence-electron chi connectivity index (χ1n) is 13.2. The Kier molecular flexibility index (Phi) is 8.20. The molecule has 0 spiro atoms. The molecule has 7 nitrogen and oxygen atoms in total. The Balaban J connectivity index is 1.40. The molecule has 42 heavy (non-hydrogen) atoms. The first-order valence-corrected chi connectivity index (χ1v) is 13.2. The third kappa shape index (κ3) is 5.29. The summed E-state index contributed by atoms with van der Waals surface area (Å²) in [5.74, 6) is 3.38.